The average Bonchev–Trinajstić information content (AvgIpc) is 3.65. The summed E-state index contributed by atoms with van der Waals surface area (Å²) in [4.78, 5) is 16.2. The molecule has 2 aliphatic heterocycles. The topological polar surface area (TPSA) is 82.1 Å². The number of likely N-dealkylation sites (tertiary alicyclic amines) is 1. The third kappa shape index (κ3) is 6.02. The molecule has 0 unspecified atom stereocenters. The molecule has 5 heterocycles. The smallest absolute Gasteiger partial charge is 0.154 e. The quantitative estimate of drug-likeness (QED) is 0.334. The minimum Gasteiger partial charge on any atom is -0.337 e. The minimum atomic E-state index is -0.281. The summed E-state index contributed by atoms with van der Waals surface area (Å²) in [7, 11) is 0. The maximum Gasteiger partial charge on any atom is 0.154 e. The number of benzene rings is 1. The lowest BCUT2D eigenvalue weighted by atomic mass is 9.99. The molecule has 6 rings (SSSR count). The molecule has 0 aliphatic carbocycles. The van der Waals surface area contributed by atoms with Crippen LogP contribution in [0.4, 0.5) is 10.1 Å². The van der Waals surface area contributed by atoms with Crippen LogP contribution in [-0.4, -0.2) is 50.5 Å². The fourth-order valence-electron chi connectivity index (χ4n) is 5.50. The first-order valence-electron chi connectivity index (χ1n) is 14.2. The van der Waals surface area contributed by atoms with Crippen molar-refractivity contribution < 1.29 is 4.39 Å². The molecule has 1 fully saturated rings. The van der Waals surface area contributed by atoms with Crippen molar-refractivity contribution in [2.75, 3.05) is 25.0 Å². The first-order valence-corrected chi connectivity index (χ1v) is 14.2. The lowest BCUT2D eigenvalue weighted by Gasteiger charge is -2.20. The Kier molecular flexibility index (Phi) is 7.82. The van der Waals surface area contributed by atoms with E-state index in [0.717, 1.165) is 63.5 Å². The first-order chi connectivity index (χ1) is 20.0. The Labute approximate surface area is 239 Å². The lowest BCUT2D eigenvalue weighted by Crippen LogP contribution is -2.30. The third-order valence-corrected chi connectivity index (χ3v) is 7.85. The van der Waals surface area contributed by atoms with Gasteiger partial charge in [-0.3, -0.25) is 20.1 Å². The molecule has 7 nitrogen and oxygen atoms in total. The predicted octanol–water partition coefficient (Wildman–Crippen LogP) is 4.70. The fraction of sp³-hybridized carbons (Fsp3) is 0.273. The number of pyridine rings is 2. The molecule has 2 aliphatic rings. The number of nitrogens with one attached hydrogen (secondary N) is 2. The van der Waals surface area contributed by atoms with Gasteiger partial charge in [0.2, 0.25) is 0 Å². The number of anilines is 1. The molecular weight excluding hydrogens is 513 g/mol. The summed E-state index contributed by atoms with van der Waals surface area (Å²) in [5.41, 5.74) is 7.58. The Morgan fingerprint density at radius 2 is 1.95 bits per heavy atom. The second kappa shape index (κ2) is 12.0. The Hall–Kier alpha value is -4.43. The zero-order valence-electron chi connectivity index (χ0n) is 23.3. The summed E-state index contributed by atoms with van der Waals surface area (Å²) in [6.45, 7) is 10.4. The van der Waals surface area contributed by atoms with Gasteiger partial charge in [-0.25, -0.2) is 4.39 Å². The van der Waals surface area contributed by atoms with Crippen LogP contribution in [0.3, 0.4) is 0 Å². The standard InChI is InChI=1S/C33H34FN7/c1-22(26-15-24(17-35-18-26)7-6-14-41-12-3-4-13-41)10-11-30-23(2)32(40-39-30)33-37-20-29-28(19-36-21-31(29)38-33)25-8-5-9-27(34)16-25/h5,8-11,15-19,21,39H,2-4,6-7,12-14,20H2,1H3,(H,37,38)/b22-10+,30-11+. The molecule has 0 bridgehead atoms. The number of hydrogen-bond donors (Lipinski definition) is 2. The van der Waals surface area contributed by atoms with E-state index in [-0.39, 0.29) is 5.82 Å². The zero-order chi connectivity index (χ0) is 28.2. The van der Waals surface area contributed by atoms with E-state index in [1.807, 2.05) is 24.5 Å². The van der Waals surface area contributed by atoms with Crippen LogP contribution in [0.1, 0.15) is 48.6 Å². The summed E-state index contributed by atoms with van der Waals surface area (Å²) in [6.07, 6.45) is 16.3. The highest BCUT2D eigenvalue weighted by Crippen LogP contribution is 2.31. The van der Waals surface area contributed by atoms with E-state index in [0.29, 0.717) is 18.1 Å². The van der Waals surface area contributed by atoms with Crippen LogP contribution in [0, 0.1) is 5.82 Å². The summed E-state index contributed by atoms with van der Waals surface area (Å²) in [6, 6.07) is 8.76. The van der Waals surface area contributed by atoms with Gasteiger partial charge in [0.15, 0.2) is 5.84 Å². The highest BCUT2D eigenvalue weighted by atomic mass is 19.1. The largest absolute Gasteiger partial charge is 0.337 e. The van der Waals surface area contributed by atoms with E-state index < -0.39 is 0 Å². The van der Waals surface area contributed by atoms with Gasteiger partial charge in [-0.15, -0.1) is 0 Å². The normalized spacial score (nSPS) is 16.0. The Morgan fingerprint density at radius 3 is 2.80 bits per heavy atom. The molecule has 1 aromatic carbocycles. The van der Waals surface area contributed by atoms with E-state index in [2.05, 4.69) is 56.0 Å². The lowest BCUT2D eigenvalue weighted by molar-refractivity contribution is 0.334. The van der Waals surface area contributed by atoms with Gasteiger partial charge >= 0.3 is 0 Å². The van der Waals surface area contributed by atoms with E-state index in [4.69, 9.17) is 4.99 Å². The minimum absolute atomic E-state index is 0.281. The van der Waals surface area contributed by atoms with E-state index in [1.165, 1.54) is 43.6 Å². The van der Waals surface area contributed by atoms with Gasteiger partial charge in [-0.05, 0) is 98.8 Å². The number of halogens is 1. The molecule has 8 heteroatoms. The molecule has 0 amide bonds. The number of allylic oxidation sites excluding steroid dienone is 2. The number of hydrogen-bond acceptors (Lipinski definition) is 6. The molecular formula is C33H34FN7. The van der Waals surface area contributed by atoms with Crippen molar-refractivity contribution in [2.24, 2.45) is 4.99 Å². The van der Waals surface area contributed by atoms with Gasteiger partial charge in [-0.1, -0.05) is 24.8 Å². The van der Waals surface area contributed by atoms with Crippen molar-refractivity contribution in [3.05, 3.63) is 100.0 Å². The van der Waals surface area contributed by atoms with Crippen molar-refractivity contribution in [1.82, 2.24) is 25.1 Å². The first kappa shape index (κ1) is 26.8. The predicted molar refractivity (Wildman–Crippen MR) is 163 cm³/mol. The molecule has 0 radical (unpaired) electrons. The van der Waals surface area contributed by atoms with Gasteiger partial charge in [0.1, 0.15) is 11.5 Å². The number of aliphatic imine (C=N–C) groups is 1. The van der Waals surface area contributed by atoms with Gasteiger partial charge in [0.25, 0.3) is 0 Å². The number of nitrogens with zero attached hydrogens (tertiary/aromatic N) is 5. The maximum absolute atomic E-state index is 13.8. The van der Waals surface area contributed by atoms with Gasteiger partial charge in [0.05, 0.1) is 23.8 Å². The zero-order valence-corrected chi connectivity index (χ0v) is 23.3. The van der Waals surface area contributed by atoms with Crippen LogP contribution < -0.4 is 15.9 Å². The second-order valence-corrected chi connectivity index (χ2v) is 10.7. The van der Waals surface area contributed by atoms with Crippen molar-refractivity contribution in [3.8, 4) is 11.1 Å². The fourth-order valence-corrected chi connectivity index (χ4v) is 5.50. The molecule has 2 N–H and O–H groups in total. The number of fused-ring (bicyclic) bond motifs is 1. The molecule has 41 heavy (non-hydrogen) atoms. The van der Waals surface area contributed by atoms with Crippen LogP contribution in [0.25, 0.3) is 29.4 Å². The van der Waals surface area contributed by atoms with Crippen molar-refractivity contribution in [3.63, 3.8) is 0 Å². The third-order valence-electron chi connectivity index (χ3n) is 7.85. The highest BCUT2D eigenvalue weighted by molar-refractivity contribution is 6.08. The van der Waals surface area contributed by atoms with Crippen molar-refractivity contribution >= 4 is 29.8 Å². The Balaban J connectivity index is 1.17. The number of aromatic amines is 1. The monoisotopic (exact) mass is 547 g/mol. The van der Waals surface area contributed by atoms with Crippen molar-refractivity contribution in [1.29, 1.82) is 0 Å². The van der Waals surface area contributed by atoms with Crippen molar-refractivity contribution in [2.45, 2.75) is 39.2 Å². The molecule has 0 saturated carbocycles. The molecule has 3 aromatic heterocycles. The molecule has 0 spiro atoms. The molecule has 1 saturated heterocycles. The summed E-state index contributed by atoms with van der Waals surface area (Å²) < 4.78 is 13.8. The van der Waals surface area contributed by atoms with Crippen LogP contribution >= 0.6 is 0 Å². The van der Waals surface area contributed by atoms with Gasteiger partial charge in [-0.2, -0.15) is 5.10 Å². The summed E-state index contributed by atoms with van der Waals surface area (Å²) in [5, 5.41) is 12.5. The number of aryl methyl sites for hydroxylation is 1. The van der Waals surface area contributed by atoms with Crippen LogP contribution in [0.15, 0.2) is 66.2 Å². The second-order valence-electron chi connectivity index (χ2n) is 10.7. The molecule has 4 aromatic rings. The SMILES string of the molecule is C=c1c(C2=NCc3c(cncc3-c3cccc(F)c3)N2)n[nH]/c1=C/C=C(\C)c1cncc(CCCN2CCCC2)c1. The maximum atomic E-state index is 13.8. The number of rotatable bonds is 8. The number of aromatic nitrogens is 4. The molecule has 208 valence electrons. The number of H-pyrrole nitrogens is 1. The Morgan fingerprint density at radius 1 is 1.10 bits per heavy atom. The molecule has 0 atom stereocenters. The Bertz CT molecular complexity index is 1730. The van der Waals surface area contributed by atoms with E-state index in [9.17, 15) is 4.39 Å². The van der Waals surface area contributed by atoms with E-state index in [1.54, 1.807) is 18.5 Å². The van der Waals surface area contributed by atoms with E-state index >= 15 is 0 Å². The highest BCUT2D eigenvalue weighted by Gasteiger charge is 2.20. The summed E-state index contributed by atoms with van der Waals surface area (Å²) >= 11 is 0. The van der Waals surface area contributed by atoms with Crippen LogP contribution in [-0.2, 0) is 13.0 Å². The average molecular weight is 548 g/mol. The van der Waals surface area contributed by atoms with Gasteiger partial charge in [0, 0.05) is 34.9 Å². The number of amidine groups is 1. The van der Waals surface area contributed by atoms with Crippen LogP contribution in [0.5, 0.6) is 0 Å². The summed E-state index contributed by atoms with van der Waals surface area (Å²) in [5.74, 6) is 0.347. The van der Waals surface area contributed by atoms with Gasteiger partial charge < -0.3 is 10.2 Å². The van der Waals surface area contributed by atoms with Crippen LogP contribution in [0.2, 0.25) is 0 Å².